The smallest absolute Gasteiger partial charge is 0.478 e. The van der Waals surface area contributed by atoms with Gasteiger partial charge in [-0.25, -0.2) is 9.78 Å². The van der Waals surface area contributed by atoms with E-state index in [4.69, 9.17) is 16.7 Å². The Morgan fingerprint density at radius 3 is 2.68 bits per heavy atom. The van der Waals surface area contributed by atoms with E-state index in [2.05, 4.69) is 31.0 Å². The van der Waals surface area contributed by atoms with Crippen molar-refractivity contribution in [1.29, 1.82) is 0 Å². The fourth-order valence-electron chi connectivity index (χ4n) is 1.22. The zero-order chi connectivity index (χ0) is 14.2. The number of nitrogens with zero attached hydrogens (tertiary/aromatic N) is 5. The van der Waals surface area contributed by atoms with Crippen LogP contribution in [0.2, 0.25) is 5.15 Å². The molecule has 0 saturated carbocycles. The predicted octanol–water partition coefficient (Wildman–Crippen LogP) is 1.68. The van der Waals surface area contributed by atoms with Crippen LogP contribution in [0.25, 0.3) is 5.82 Å². The number of aromatic carboxylic acids is 1. The van der Waals surface area contributed by atoms with Crippen LogP contribution in [-0.2, 0) is 0 Å². The van der Waals surface area contributed by atoms with Gasteiger partial charge >= 0.3 is 11.9 Å². The van der Waals surface area contributed by atoms with Gasteiger partial charge in [-0.2, -0.15) is 0 Å². The summed E-state index contributed by atoms with van der Waals surface area (Å²) in [5.74, 6) is -1.86. The van der Waals surface area contributed by atoms with E-state index in [9.17, 15) is 14.9 Å². The van der Waals surface area contributed by atoms with Crippen molar-refractivity contribution in [2.24, 2.45) is 0 Å². The number of aromatic nitrogens is 4. The number of rotatable bonds is 3. The lowest BCUT2D eigenvalue weighted by molar-refractivity contribution is -0.394. The molecule has 0 aliphatic rings. The number of carboxylic acid groups (broad SMARTS) is 1. The predicted molar refractivity (Wildman–Crippen MR) is 65.5 cm³/mol. The highest BCUT2D eigenvalue weighted by atomic mass is 79.9. The molecular weight excluding hydrogens is 345 g/mol. The Labute approximate surface area is 118 Å². The number of halogens is 2. The van der Waals surface area contributed by atoms with Gasteiger partial charge in [-0.15, -0.1) is 4.68 Å². The van der Waals surface area contributed by atoms with Crippen molar-refractivity contribution in [2.75, 3.05) is 0 Å². The van der Waals surface area contributed by atoms with E-state index in [-0.39, 0.29) is 21.3 Å². The zero-order valence-corrected chi connectivity index (χ0v) is 11.2. The summed E-state index contributed by atoms with van der Waals surface area (Å²) >= 11 is 8.64. The van der Waals surface area contributed by atoms with Crippen molar-refractivity contribution in [3.05, 3.63) is 37.7 Å². The average molecular weight is 348 g/mol. The van der Waals surface area contributed by atoms with Crippen molar-refractivity contribution < 1.29 is 14.8 Å². The van der Waals surface area contributed by atoms with Gasteiger partial charge in [0.15, 0.2) is 5.82 Å². The Hall–Kier alpha value is -2.07. The van der Waals surface area contributed by atoms with Crippen molar-refractivity contribution in [2.45, 2.75) is 0 Å². The maximum Gasteiger partial charge on any atom is 0.492 e. The summed E-state index contributed by atoms with van der Waals surface area (Å²) < 4.78 is 0.974. The maximum atomic E-state index is 10.9. The number of pyridine rings is 1. The molecule has 0 unspecified atom stereocenters. The van der Waals surface area contributed by atoms with Crippen LogP contribution in [0.1, 0.15) is 10.4 Å². The molecule has 0 radical (unpaired) electrons. The topological polar surface area (TPSA) is 124 Å². The lowest BCUT2D eigenvalue weighted by atomic mass is 10.2. The van der Waals surface area contributed by atoms with Crippen LogP contribution in [0, 0.1) is 10.1 Å². The molecule has 0 aliphatic carbocycles. The Bertz CT molecular complexity index is 688. The van der Waals surface area contributed by atoms with E-state index < -0.39 is 16.8 Å². The number of hydrogen-bond donors (Lipinski definition) is 1. The van der Waals surface area contributed by atoms with Crippen LogP contribution in [0.5, 0.6) is 0 Å². The van der Waals surface area contributed by atoms with Crippen molar-refractivity contribution in [3.63, 3.8) is 0 Å². The molecular formula is C8H3BrClN5O4. The minimum absolute atomic E-state index is 0.00243. The second kappa shape index (κ2) is 4.90. The van der Waals surface area contributed by atoms with Crippen LogP contribution in [0.15, 0.2) is 16.9 Å². The molecule has 9 nitrogen and oxygen atoms in total. The van der Waals surface area contributed by atoms with E-state index in [0.717, 1.165) is 16.8 Å². The molecule has 2 aromatic heterocycles. The molecule has 98 valence electrons. The maximum absolute atomic E-state index is 10.9. The minimum Gasteiger partial charge on any atom is -0.478 e. The quantitative estimate of drug-likeness (QED) is 0.508. The largest absolute Gasteiger partial charge is 0.492 e. The van der Waals surface area contributed by atoms with E-state index >= 15 is 0 Å². The highest BCUT2D eigenvalue weighted by Gasteiger charge is 2.22. The molecule has 0 fully saturated rings. The van der Waals surface area contributed by atoms with Crippen LogP contribution >= 0.6 is 27.5 Å². The molecule has 2 aromatic rings. The molecule has 0 atom stereocenters. The zero-order valence-electron chi connectivity index (χ0n) is 8.82. The van der Waals surface area contributed by atoms with Crippen molar-refractivity contribution in [1.82, 2.24) is 19.7 Å². The van der Waals surface area contributed by atoms with Gasteiger partial charge in [0.25, 0.3) is 4.73 Å². The minimum atomic E-state index is -1.21. The summed E-state index contributed by atoms with van der Waals surface area (Å²) in [5, 5.41) is 22.9. The Kier molecular flexibility index (Phi) is 3.44. The van der Waals surface area contributed by atoms with Gasteiger partial charge in [0.05, 0.1) is 5.56 Å². The highest BCUT2D eigenvalue weighted by molar-refractivity contribution is 9.10. The molecule has 0 saturated heterocycles. The van der Waals surface area contributed by atoms with E-state index in [0.29, 0.717) is 0 Å². The third-order valence-electron chi connectivity index (χ3n) is 1.96. The van der Waals surface area contributed by atoms with E-state index in [1.54, 1.807) is 0 Å². The second-order valence-corrected chi connectivity index (χ2v) is 4.29. The molecule has 1 N–H and O–H groups in total. The lowest BCUT2D eigenvalue weighted by Crippen LogP contribution is -2.05. The first-order chi connectivity index (χ1) is 8.88. The second-order valence-electron chi connectivity index (χ2n) is 3.19. The molecule has 11 heteroatoms. The summed E-state index contributed by atoms with van der Waals surface area (Å²) in [7, 11) is 0. The molecule has 0 aliphatic heterocycles. The molecule has 0 spiro atoms. The van der Waals surface area contributed by atoms with Gasteiger partial charge < -0.3 is 15.2 Å². The standard InChI is InChI=1S/C8H3BrClN5O4/c9-7-12-8(15(18)19)13-14(7)5-2-3(6(16)17)1-4(10)11-5/h1-2H,(H,16,17). The first-order valence-electron chi connectivity index (χ1n) is 4.56. The summed E-state index contributed by atoms with van der Waals surface area (Å²) in [6.07, 6.45) is 0. The summed E-state index contributed by atoms with van der Waals surface area (Å²) in [5.41, 5.74) is -0.125. The summed E-state index contributed by atoms with van der Waals surface area (Å²) in [6.45, 7) is 0. The number of carboxylic acids is 1. The van der Waals surface area contributed by atoms with Crippen LogP contribution < -0.4 is 0 Å². The SMILES string of the molecule is O=C(O)c1cc(Cl)nc(-n2nc([N+](=O)[O-])nc2Br)c1. The molecule has 0 amide bonds. The van der Waals surface area contributed by atoms with Gasteiger partial charge in [0.1, 0.15) is 5.15 Å². The van der Waals surface area contributed by atoms with E-state index in [1.807, 2.05) is 0 Å². The van der Waals surface area contributed by atoms with Gasteiger partial charge in [-0.05, 0) is 22.0 Å². The molecule has 0 bridgehead atoms. The third kappa shape index (κ3) is 2.69. The number of hydrogen-bond acceptors (Lipinski definition) is 6. The monoisotopic (exact) mass is 347 g/mol. The lowest BCUT2D eigenvalue weighted by Gasteiger charge is -2.00. The van der Waals surface area contributed by atoms with Crippen LogP contribution in [0.4, 0.5) is 5.95 Å². The normalized spacial score (nSPS) is 10.4. The first kappa shape index (κ1) is 13.4. The van der Waals surface area contributed by atoms with Crippen LogP contribution in [-0.4, -0.2) is 35.7 Å². The van der Waals surface area contributed by atoms with E-state index in [1.165, 1.54) is 0 Å². The van der Waals surface area contributed by atoms with Crippen molar-refractivity contribution >= 4 is 39.4 Å². The molecule has 2 rings (SSSR count). The number of nitro groups is 1. The number of carbonyl (C=O) groups is 1. The summed E-state index contributed by atoms with van der Waals surface area (Å²) in [6, 6.07) is 2.31. The fraction of sp³-hybridized carbons (Fsp3) is 0. The summed E-state index contributed by atoms with van der Waals surface area (Å²) in [4.78, 5) is 28.0. The van der Waals surface area contributed by atoms with Gasteiger partial charge in [0.2, 0.25) is 0 Å². The Morgan fingerprint density at radius 2 is 2.16 bits per heavy atom. The van der Waals surface area contributed by atoms with Gasteiger partial charge in [-0.1, -0.05) is 11.6 Å². The molecule has 19 heavy (non-hydrogen) atoms. The first-order valence-corrected chi connectivity index (χ1v) is 5.74. The molecule has 0 aromatic carbocycles. The Morgan fingerprint density at radius 1 is 1.47 bits per heavy atom. The fourth-order valence-corrected chi connectivity index (χ4v) is 1.84. The van der Waals surface area contributed by atoms with Gasteiger partial charge in [0, 0.05) is 21.0 Å². The van der Waals surface area contributed by atoms with Gasteiger partial charge in [-0.3, -0.25) is 0 Å². The molecule has 2 heterocycles. The average Bonchev–Trinajstić information content (AvgIpc) is 2.70. The van der Waals surface area contributed by atoms with Crippen LogP contribution in [0.3, 0.4) is 0 Å². The highest BCUT2D eigenvalue weighted by Crippen LogP contribution is 2.19. The van der Waals surface area contributed by atoms with Crippen molar-refractivity contribution in [3.8, 4) is 5.82 Å². The Balaban J connectivity index is 2.58. The third-order valence-corrected chi connectivity index (χ3v) is 2.67.